The van der Waals surface area contributed by atoms with E-state index in [1.54, 1.807) is 21.0 Å². The Balaban J connectivity index is 2.71. The van der Waals surface area contributed by atoms with Gasteiger partial charge in [-0.1, -0.05) is 72.8 Å². The molecule has 0 aliphatic rings. The Kier molecular flexibility index (Phi) is 5.02. The van der Waals surface area contributed by atoms with Gasteiger partial charge in [0.15, 0.2) is 0 Å². The monoisotopic (exact) mass is 309 g/mol. The molecule has 2 aromatic carbocycles. The van der Waals surface area contributed by atoms with Crippen LogP contribution in [0.4, 0.5) is 0 Å². The number of aliphatic hydroxyl groups is 1. The summed E-state index contributed by atoms with van der Waals surface area (Å²) in [4.78, 5) is 14.3. The van der Waals surface area contributed by atoms with Crippen LogP contribution < -0.4 is 0 Å². The fourth-order valence-corrected chi connectivity index (χ4v) is 2.89. The van der Waals surface area contributed by atoms with Crippen molar-refractivity contribution in [2.24, 2.45) is 5.92 Å². The predicted molar refractivity (Wildman–Crippen MR) is 92.9 cm³/mol. The van der Waals surface area contributed by atoms with Crippen LogP contribution in [-0.4, -0.2) is 30.0 Å². The van der Waals surface area contributed by atoms with Gasteiger partial charge in [0.05, 0.1) is 5.92 Å². The molecule has 0 saturated carbocycles. The number of carbonyl (C=O) groups excluding carboxylic acids is 1. The lowest BCUT2D eigenvalue weighted by molar-refractivity contribution is -0.138. The van der Waals surface area contributed by atoms with Gasteiger partial charge in [0.25, 0.3) is 0 Å². The van der Waals surface area contributed by atoms with Crippen molar-refractivity contribution in [2.45, 2.75) is 12.5 Å². The first-order valence-electron chi connectivity index (χ1n) is 7.59. The van der Waals surface area contributed by atoms with E-state index in [1.165, 1.54) is 4.90 Å². The van der Waals surface area contributed by atoms with Crippen LogP contribution in [0.5, 0.6) is 0 Å². The minimum atomic E-state index is -1.46. The number of carbonyl (C=O) groups is 1. The molecule has 1 N–H and O–H groups in total. The summed E-state index contributed by atoms with van der Waals surface area (Å²) in [6, 6.07) is 18.6. The van der Waals surface area contributed by atoms with E-state index in [-0.39, 0.29) is 5.91 Å². The summed E-state index contributed by atoms with van der Waals surface area (Å²) >= 11 is 0. The Hall–Kier alpha value is -2.39. The molecule has 1 atom stereocenters. The second-order valence-electron chi connectivity index (χ2n) is 6.01. The molecule has 0 aliphatic heterocycles. The maximum Gasteiger partial charge on any atom is 0.232 e. The first-order chi connectivity index (χ1) is 10.9. The van der Waals surface area contributed by atoms with Gasteiger partial charge in [-0.3, -0.25) is 4.79 Å². The summed E-state index contributed by atoms with van der Waals surface area (Å²) in [5.74, 6) is -0.935. The van der Waals surface area contributed by atoms with E-state index in [0.29, 0.717) is 16.7 Å². The van der Waals surface area contributed by atoms with Crippen LogP contribution in [-0.2, 0) is 10.4 Å². The van der Waals surface area contributed by atoms with Crippen LogP contribution in [0.15, 0.2) is 72.8 Å². The third-order valence-corrected chi connectivity index (χ3v) is 4.03. The smallest absolute Gasteiger partial charge is 0.232 e. The fraction of sp³-hybridized carbons (Fsp3) is 0.250. The zero-order valence-electron chi connectivity index (χ0n) is 13.9. The van der Waals surface area contributed by atoms with Gasteiger partial charge in [0.1, 0.15) is 5.60 Å². The molecular formula is C20H23NO2. The number of nitrogens with zero attached hydrogens (tertiary/aromatic N) is 1. The summed E-state index contributed by atoms with van der Waals surface area (Å²) in [6.07, 6.45) is 0. The summed E-state index contributed by atoms with van der Waals surface area (Å²) in [6.45, 7) is 5.75. The highest BCUT2D eigenvalue weighted by atomic mass is 16.3. The minimum Gasteiger partial charge on any atom is -0.379 e. The number of rotatable bonds is 5. The van der Waals surface area contributed by atoms with Crippen molar-refractivity contribution in [3.05, 3.63) is 83.9 Å². The molecule has 0 bridgehead atoms. The molecule has 0 aliphatic carbocycles. The molecule has 0 fully saturated rings. The van der Waals surface area contributed by atoms with E-state index >= 15 is 0 Å². The van der Waals surface area contributed by atoms with Gasteiger partial charge in [-0.15, -0.1) is 0 Å². The molecule has 0 heterocycles. The zero-order valence-corrected chi connectivity index (χ0v) is 13.9. The van der Waals surface area contributed by atoms with Crippen LogP contribution in [0, 0.1) is 5.92 Å². The highest BCUT2D eigenvalue weighted by molar-refractivity contribution is 5.83. The number of hydrogen-bond donors (Lipinski definition) is 1. The van der Waals surface area contributed by atoms with Gasteiger partial charge in [0.2, 0.25) is 5.91 Å². The van der Waals surface area contributed by atoms with Crippen LogP contribution in [0.1, 0.15) is 18.1 Å². The second kappa shape index (κ2) is 6.80. The summed E-state index contributed by atoms with van der Waals surface area (Å²) in [5.41, 5.74) is 0.512. The minimum absolute atomic E-state index is 0.173. The number of amides is 1. The Morgan fingerprint density at radius 1 is 1.00 bits per heavy atom. The molecule has 23 heavy (non-hydrogen) atoms. The van der Waals surface area contributed by atoms with E-state index in [2.05, 4.69) is 6.58 Å². The zero-order chi connectivity index (χ0) is 17.0. The average Bonchev–Trinajstić information content (AvgIpc) is 2.56. The number of benzene rings is 2. The molecule has 120 valence electrons. The van der Waals surface area contributed by atoms with Gasteiger partial charge in [-0.25, -0.2) is 0 Å². The van der Waals surface area contributed by atoms with E-state index in [0.717, 1.165) is 0 Å². The van der Waals surface area contributed by atoms with Crippen molar-refractivity contribution in [3.8, 4) is 0 Å². The SMILES string of the molecule is C=C(C)[C@H](C(=O)N(C)C)C(O)(c1ccccc1)c1ccccc1. The largest absolute Gasteiger partial charge is 0.379 e. The summed E-state index contributed by atoms with van der Waals surface area (Å²) in [5, 5.41) is 11.7. The Morgan fingerprint density at radius 2 is 1.39 bits per heavy atom. The first-order valence-corrected chi connectivity index (χ1v) is 7.59. The van der Waals surface area contributed by atoms with Crippen LogP contribution in [0.25, 0.3) is 0 Å². The third-order valence-electron chi connectivity index (χ3n) is 4.03. The molecule has 2 aromatic rings. The van der Waals surface area contributed by atoms with E-state index in [4.69, 9.17) is 0 Å². The average molecular weight is 309 g/mol. The molecule has 0 aromatic heterocycles. The molecule has 0 saturated heterocycles. The van der Waals surface area contributed by atoms with Crippen molar-refractivity contribution < 1.29 is 9.90 Å². The van der Waals surface area contributed by atoms with Gasteiger partial charge in [-0.05, 0) is 18.1 Å². The standard InChI is InChI=1S/C20H23NO2/c1-15(2)18(19(22)21(3)4)20(23,16-11-7-5-8-12-16)17-13-9-6-10-14-17/h5-14,18,23H,1H2,2-4H3/t18-/m1/s1. The van der Waals surface area contributed by atoms with E-state index in [1.807, 2.05) is 60.7 Å². The van der Waals surface area contributed by atoms with Crippen LogP contribution in [0.2, 0.25) is 0 Å². The van der Waals surface area contributed by atoms with Crippen molar-refractivity contribution in [3.63, 3.8) is 0 Å². The van der Waals surface area contributed by atoms with Gasteiger partial charge in [0, 0.05) is 14.1 Å². The highest BCUT2D eigenvalue weighted by Crippen LogP contribution is 2.40. The third kappa shape index (κ3) is 3.20. The van der Waals surface area contributed by atoms with Gasteiger partial charge in [-0.2, -0.15) is 0 Å². The Morgan fingerprint density at radius 3 is 1.70 bits per heavy atom. The predicted octanol–water partition coefficient (Wildman–Crippen LogP) is 3.20. The van der Waals surface area contributed by atoms with Crippen LogP contribution in [0.3, 0.4) is 0 Å². The Labute approximate surface area is 137 Å². The van der Waals surface area contributed by atoms with Crippen molar-refractivity contribution >= 4 is 5.91 Å². The van der Waals surface area contributed by atoms with Crippen LogP contribution >= 0.6 is 0 Å². The maximum absolute atomic E-state index is 12.8. The van der Waals surface area contributed by atoms with Crippen molar-refractivity contribution in [1.82, 2.24) is 4.90 Å². The molecular weight excluding hydrogens is 286 g/mol. The fourth-order valence-electron chi connectivity index (χ4n) is 2.89. The molecule has 0 spiro atoms. The van der Waals surface area contributed by atoms with E-state index in [9.17, 15) is 9.90 Å². The molecule has 2 rings (SSSR count). The molecule has 0 radical (unpaired) electrons. The molecule has 1 amide bonds. The molecule has 3 heteroatoms. The topological polar surface area (TPSA) is 40.5 Å². The van der Waals surface area contributed by atoms with Crippen molar-refractivity contribution in [2.75, 3.05) is 14.1 Å². The normalized spacial score (nSPS) is 12.5. The quantitative estimate of drug-likeness (QED) is 0.862. The number of hydrogen-bond acceptors (Lipinski definition) is 2. The van der Waals surface area contributed by atoms with E-state index < -0.39 is 11.5 Å². The second-order valence-corrected chi connectivity index (χ2v) is 6.01. The lowest BCUT2D eigenvalue weighted by Crippen LogP contribution is -2.46. The van der Waals surface area contributed by atoms with Gasteiger partial charge >= 0.3 is 0 Å². The van der Waals surface area contributed by atoms with Crippen molar-refractivity contribution in [1.29, 1.82) is 0 Å². The maximum atomic E-state index is 12.8. The Bertz CT molecular complexity index is 638. The summed E-state index contributed by atoms with van der Waals surface area (Å²) in [7, 11) is 3.38. The molecule has 3 nitrogen and oxygen atoms in total. The summed E-state index contributed by atoms with van der Waals surface area (Å²) < 4.78 is 0. The lowest BCUT2D eigenvalue weighted by atomic mass is 9.72. The highest BCUT2D eigenvalue weighted by Gasteiger charge is 2.45. The van der Waals surface area contributed by atoms with Gasteiger partial charge < -0.3 is 10.0 Å². The first kappa shape index (κ1) is 17.0. The molecule has 0 unspecified atom stereocenters. The lowest BCUT2D eigenvalue weighted by Gasteiger charge is -2.38.